The second kappa shape index (κ2) is 9.51. The van der Waals surface area contributed by atoms with Gasteiger partial charge in [-0.05, 0) is 48.4 Å². The van der Waals surface area contributed by atoms with Crippen LogP contribution < -0.4 is 19.5 Å². The average molecular weight is 355 g/mol. The maximum absolute atomic E-state index is 12.6. The van der Waals surface area contributed by atoms with Gasteiger partial charge in [-0.25, -0.2) is 0 Å². The maximum atomic E-state index is 12.6. The van der Waals surface area contributed by atoms with Crippen LogP contribution in [0.25, 0.3) is 0 Å². The number of ether oxygens (including phenoxy) is 3. The van der Waals surface area contributed by atoms with Crippen LogP contribution in [0.4, 0.5) is 0 Å². The number of amides is 1. The van der Waals surface area contributed by atoms with E-state index in [0.29, 0.717) is 29.4 Å². The second-order valence-electron chi connectivity index (χ2n) is 5.67. The first-order valence-corrected chi connectivity index (χ1v) is 8.49. The van der Waals surface area contributed by atoms with Gasteiger partial charge in [0.25, 0.3) is 5.91 Å². The molecule has 0 saturated heterocycles. The first-order chi connectivity index (χ1) is 12.6. The van der Waals surface area contributed by atoms with Crippen LogP contribution in [-0.4, -0.2) is 26.7 Å². The first-order valence-electron chi connectivity index (χ1n) is 8.49. The van der Waals surface area contributed by atoms with E-state index in [0.717, 1.165) is 12.0 Å². The molecule has 0 aliphatic rings. The highest BCUT2D eigenvalue weighted by Crippen LogP contribution is 2.31. The number of carbonyl (C=O) groups is 1. The zero-order chi connectivity index (χ0) is 18.9. The Bertz CT molecular complexity index is 740. The van der Waals surface area contributed by atoms with Crippen LogP contribution >= 0.6 is 0 Å². The first kappa shape index (κ1) is 19.4. The highest BCUT2D eigenvalue weighted by Gasteiger charge is 2.16. The Morgan fingerprint density at radius 2 is 1.81 bits per heavy atom. The van der Waals surface area contributed by atoms with Gasteiger partial charge in [-0.2, -0.15) is 0 Å². The van der Waals surface area contributed by atoms with Crippen LogP contribution in [0.15, 0.2) is 55.1 Å². The molecule has 5 heteroatoms. The summed E-state index contributed by atoms with van der Waals surface area (Å²) in [5.41, 5.74) is 1.54. The molecule has 0 aliphatic heterocycles. The van der Waals surface area contributed by atoms with Crippen molar-refractivity contribution in [3.63, 3.8) is 0 Å². The molecule has 0 unspecified atom stereocenters. The molecule has 2 aromatic rings. The summed E-state index contributed by atoms with van der Waals surface area (Å²) in [6.45, 7) is 6.06. The van der Waals surface area contributed by atoms with Gasteiger partial charge in [-0.15, -0.1) is 0 Å². The van der Waals surface area contributed by atoms with E-state index in [9.17, 15) is 4.79 Å². The topological polar surface area (TPSA) is 56.8 Å². The van der Waals surface area contributed by atoms with Crippen molar-refractivity contribution in [3.8, 4) is 17.2 Å². The molecule has 0 fully saturated rings. The van der Waals surface area contributed by atoms with Gasteiger partial charge in [-0.3, -0.25) is 4.79 Å². The fraction of sp³-hybridized carbons (Fsp3) is 0.286. The van der Waals surface area contributed by atoms with Crippen molar-refractivity contribution in [2.24, 2.45) is 0 Å². The minimum atomic E-state index is -0.137. The molecular weight excluding hydrogens is 330 g/mol. The molecule has 1 amide bonds. The highest BCUT2D eigenvalue weighted by atomic mass is 16.5. The van der Waals surface area contributed by atoms with Crippen molar-refractivity contribution in [1.82, 2.24) is 5.32 Å². The lowest BCUT2D eigenvalue weighted by Gasteiger charge is -2.19. The third-order valence-corrected chi connectivity index (χ3v) is 4.01. The molecule has 0 aliphatic carbocycles. The number of nitrogens with one attached hydrogen (secondary N) is 1. The Labute approximate surface area is 154 Å². The molecule has 0 saturated carbocycles. The standard InChI is InChI=1S/C21H25NO4/c1-5-13-26-17-10-7-15(8-11-17)21(23)22-18(6-2)16-9-12-19(24-3)20(14-16)25-4/h5,7-12,14,18H,1,6,13H2,2-4H3,(H,22,23)/t18-/m0/s1. The van der Waals surface area contributed by atoms with Crippen molar-refractivity contribution >= 4 is 5.91 Å². The molecule has 0 heterocycles. The van der Waals surface area contributed by atoms with Crippen molar-refractivity contribution < 1.29 is 19.0 Å². The molecule has 1 N–H and O–H groups in total. The zero-order valence-electron chi connectivity index (χ0n) is 15.5. The average Bonchev–Trinajstić information content (AvgIpc) is 2.70. The van der Waals surface area contributed by atoms with Gasteiger partial charge in [0.05, 0.1) is 20.3 Å². The van der Waals surface area contributed by atoms with E-state index >= 15 is 0 Å². The predicted octanol–water partition coefficient (Wildman–Crippen LogP) is 4.15. The van der Waals surface area contributed by atoms with Crippen molar-refractivity contribution in [2.75, 3.05) is 20.8 Å². The number of methoxy groups -OCH3 is 2. The molecule has 138 valence electrons. The van der Waals surface area contributed by atoms with E-state index in [4.69, 9.17) is 14.2 Å². The number of hydrogen-bond donors (Lipinski definition) is 1. The molecule has 5 nitrogen and oxygen atoms in total. The summed E-state index contributed by atoms with van der Waals surface area (Å²) in [5.74, 6) is 1.87. The smallest absolute Gasteiger partial charge is 0.251 e. The molecule has 0 bridgehead atoms. The zero-order valence-corrected chi connectivity index (χ0v) is 15.5. The Morgan fingerprint density at radius 1 is 1.12 bits per heavy atom. The summed E-state index contributed by atoms with van der Waals surface area (Å²) in [6.07, 6.45) is 2.43. The van der Waals surface area contributed by atoms with Crippen LogP contribution in [0.3, 0.4) is 0 Å². The molecule has 26 heavy (non-hydrogen) atoms. The van der Waals surface area contributed by atoms with E-state index in [1.165, 1.54) is 0 Å². The van der Waals surface area contributed by atoms with Crippen molar-refractivity contribution in [2.45, 2.75) is 19.4 Å². The molecule has 2 rings (SSSR count). The number of hydrogen-bond acceptors (Lipinski definition) is 4. The van der Waals surface area contributed by atoms with Crippen LogP contribution in [0, 0.1) is 0 Å². The third kappa shape index (κ3) is 4.79. The minimum Gasteiger partial charge on any atom is -0.493 e. The Balaban J connectivity index is 2.11. The van der Waals surface area contributed by atoms with E-state index in [1.54, 1.807) is 44.6 Å². The Morgan fingerprint density at radius 3 is 2.38 bits per heavy atom. The Kier molecular flexibility index (Phi) is 7.09. The Hall–Kier alpha value is -2.95. The summed E-state index contributed by atoms with van der Waals surface area (Å²) in [7, 11) is 3.19. The monoisotopic (exact) mass is 355 g/mol. The summed E-state index contributed by atoms with van der Waals surface area (Å²) < 4.78 is 16.0. The van der Waals surface area contributed by atoms with Crippen molar-refractivity contribution in [1.29, 1.82) is 0 Å². The molecule has 2 aromatic carbocycles. The third-order valence-electron chi connectivity index (χ3n) is 4.01. The van der Waals surface area contributed by atoms with Gasteiger partial charge in [0.1, 0.15) is 12.4 Å². The fourth-order valence-corrected chi connectivity index (χ4v) is 2.59. The summed E-state index contributed by atoms with van der Waals surface area (Å²) in [5, 5.41) is 3.06. The molecular formula is C21H25NO4. The van der Waals surface area contributed by atoms with Crippen LogP contribution in [0.1, 0.15) is 35.3 Å². The quantitative estimate of drug-likeness (QED) is 0.687. The van der Waals surface area contributed by atoms with Crippen LogP contribution in [0.2, 0.25) is 0 Å². The minimum absolute atomic E-state index is 0.126. The normalized spacial score (nSPS) is 11.3. The van der Waals surface area contributed by atoms with E-state index in [1.807, 2.05) is 25.1 Å². The molecule has 1 atom stereocenters. The maximum Gasteiger partial charge on any atom is 0.251 e. The van der Waals surface area contributed by atoms with E-state index in [-0.39, 0.29) is 11.9 Å². The summed E-state index contributed by atoms with van der Waals surface area (Å²) >= 11 is 0. The van der Waals surface area contributed by atoms with Gasteiger partial charge in [0.2, 0.25) is 0 Å². The SMILES string of the molecule is C=CCOc1ccc(C(=O)N[C@@H](CC)c2ccc(OC)c(OC)c2)cc1. The number of rotatable bonds is 9. The van der Waals surface area contributed by atoms with Crippen LogP contribution in [0.5, 0.6) is 17.2 Å². The highest BCUT2D eigenvalue weighted by molar-refractivity contribution is 5.94. The van der Waals surface area contributed by atoms with Gasteiger partial charge >= 0.3 is 0 Å². The predicted molar refractivity (Wildman–Crippen MR) is 102 cm³/mol. The van der Waals surface area contributed by atoms with E-state index in [2.05, 4.69) is 11.9 Å². The lowest BCUT2D eigenvalue weighted by atomic mass is 10.0. The molecule has 0 radical (unpaired) electrons. The van der Waals surface area contributed by atoms with Crippen molar-refractivity contribution in [3.05, 3.63) is 66.2 Å². The van der Waals surface area contributed by atoms with E-state index < -0.39 is 0 Å². The van der Waals surface area contributed by atoms with Crippen LogP contribution in [-0.2, 0) is 0 Å². The number of carbonyl (C=O) groups excluding carboxylic acids is 1. The summed E-state index contributed by atoms with van der Waals surface area (Å²) in [4.78, 5) is 12.6. The molecule has 0 aromatic heterocycles. The van der Waals surface area contributed by atoms with Gasteiger partial charge in [0.15, 0.2) is 11.5 Å². The fourth-order valence-electron chi connectivity index (χ4n) is 2.59. The summed E-state index contributed by atoms with van der Waals surface area (Å²) in [6, 6.07) is 12.6. The lowest BCUT2D eigenvalue weighted by Crippen LogP contribution is -2.28. The lowest BCUT2D eigenvalue weighted by molar-refractivity contribution is 0.0935. The van der Waals surface area contributed by atoms with Gasteiger partial charge in [0, 0.05) is 5.56 Å². The molecule has 0 spiro atoms. The van der Waals surface area contributed by atoms with Gasteiger partial charge < -0.3 is 19.5 Å². The number of benzene rings is 2. The second-order valence-corrected chi connectivity index (χ2v) is 5.67. The largest absolute Gasteiger partial charge is 0.493 e. The van der Waals surface area contributed by atoms with Gasteiger partial charge in [-0.1, -0.05) is 25.6 Å².